The van der Waals surface area contributed by atoms with Gasteiger partial charge in [0.05, 0.1) is 22.7 Å². The van der Waals surface area contributed by atoms with Crippen molar-refractivity contribution in [3.8, 4) is 11.5 Å². The zero-order valence-electron chi connectivity index (χ0n) is 19.4. The van der Waals surface area contributed by atoms with E-state index in [0.717, 1.165) is 71.8 Å². The van der Waals surface area contributed by atoms with Crippen LogP contribution in [-0.2, 0) is 22.4 Å². The molecule has 0 spiro atoms. The van der Waals surface area contributed by atoms with Crippen LogP contribution >= 0.6 is 23.5 Å². The number of hydrogen-bond donors (Lipinski definition) is 2. The average Bonchev–Trinajstić information content (AvgIpc) is 3.35. The van der Waals surface area contributed by atoms with Crippen molar-refractivity contribution in [1.82, 2.24) is 10.6 Å². The Morgan fingerprint density at radius 1 is 0.611 bits per heavy atom. The number of carbonyl (C=O) groups excluding carboxylic acids is 4. The summed E-state index contributed by atoms with van der Waals surface area (Å²) in [7, 11) is 0. The minimum absolute atomic E-state index is 0.129. The number of benzene rings is 2. The Bertz CT molecular complexity index is 1050. The Morgan fingerprint density at radius 3 is 1.28 bits per heavy atom. The minimum Gasteiger partial charge on any atom is -0.490 e. The number of nitrogens with one attached hydrogen (secondary N) is 2. The molecule has 3 aliphatic rings. The number of thioether (sulfide) groups is 2. The standard InChI is InChI=1S/C26H26N2O6S2/c29-23-21(35-25(31)27-23)13-15-1-5-17(6-2-15)33-19-9-11-20(12-10-19)34-18-7-3-16(4-8-18)14-22-24(30)28-26(32)36-22/h1-8,19-22H,9-14H2,(H,27,29,31)(H,28,30,32). The van der Waals surface area contributed by atoms with Gasteiger partial charge in [0.1, 0.15) is 11.5 Å². The molecule has 0 radical (unpaired) electrons. The Labute approximate surface area is 217 Å². The van der Waals surface area contributed by atoms with Crippen LogP contribution in [0, 0.1) is 0 Å². The first-order valence-electron chi connectivity index (χ1n) is 12.0. The van der Waals surface area contributed by atoms with E-state index in [2.05, 4.69) is 10.6 Å². The second-order valence-electron chi connectivity index (χ2n) is 9.10. The number of carbonyl (C=O) groups is 4. The number of hydrogen-bond acceptors (Lipinski definition) is 8. The SMILES string of the molecule is O=C1NC(=O)C(Cc2ccc(OC3CCC(Oc4ccc(CC5SC(=O)NC5=O)cc4)CC3)cc2)S1. The first kappa shape index (κ1) is 24.7. The van der Waals surface area contributed by atoms with Gasteiger partial charge in [-0.15, -0.1) is 0 Å². The first-order chi connectivity index (χ1) is 17.4. The zero-order valence-corrected chi connectivity index (χ0v) is 21.1. The largest absolute Gasteiger partial charge is 0.490 e. The fourth-order valence-electron chi connectivity index (χ4n) is 4.54. The summed E-state index contributed by atoms with van der Waals surface area (Å²) < 4.78 is 12.3. The van der Waals surface area contributed by atoms with E-state index < -0.39 is 0 Å². The maximum atomic E-state index is 11.7. The van der Waals surface area contributed by atoms with E-state index in [-0.39, 0.29) is 45.0 Å². The molecule has 10 heteroatoms. The van der Waals surface area contributed by atoms with Gasteiger partial charge in [-0.1, -0.05) is 47.8 Å². The molecule has 188 valence electrons. The van der Waals surface area contributed by atoms with Crippen molar-refractivity contribution in [2.45, 2.75) is 61.2 Å². The number of amides is 4. The van der Waals surface area contributed by atoms with Crippen molar-refractivity contribution < 1.29 is 28.7 Å². The lowest BCUT2D eigenvalue weighted by Crippen LogP contribution is -2.30. The van der Waals surface area contributed by atoms with Gasteiger partial charge in [0.25, 0.3) is 10.5 Å². The van der Waals surface area contributed by atoms with Crippen LogP contribution in [0.25, 0.3) is 0 Å². The van der Waals surface area contributed by atoms with E-state index in [1.165, 1.54) is 0 Å². The van der Waals surface area contributed by atoms with Crippen LogP contribution in [0.1, 0.15) is 36.8 Å². The molecule has 5 rings (SSSR count). The van der Waals surface area contributed by atoms with E-state index in [4.69, 9.17) is 9.47 Å². The maximum absolute atomic E-state index is 11.7. The van der Waals surface area contributed by atoms with Crippen LogP contribution in [0.15, 0.2) is 48.5 Å². The molecule has 3 fully saturated rings. The summed E-state index contributed by atoms with van der Waals surface area (Å²) >= 11 is 2.08. The first-order valence-corrected chi connectivity index (χ1v) is 13.7. The van der Waals surface area contributed by atoms with E-state index >= 15 is 0 Å². The van der Waals surface area contributed by atoms with Crippen LogP contribution in [-0.4, -0.2) is 45.0 Å². The molecule has 2 aromatic rings. The smallest absolute Gasteiger partial charge is 0.286 e. The third-order valence-electron chi connectivity index (χ3n) is 6.45. The third kappa shape index (κ3) is 6.22. The molecule has 1 saturated carbocycles. The fraction of sp³-hybridized carbons (Fsp3) is 0.385. The average molecular weight is 527 g/mol. The van der Waals surface area contributed by atoms with E-state index in [9.17, 15) is 19.2 Å². The summed E-state index contributed by atoms with van der Waals surface area (Å²) in [6.45, 7) is 0. The van der Waals surface area contributed by atoms with Gasteiger partial charge in [0, 0.05) is 0 Å². The highest BCUT2D eigenvalue weighted by molar-refractivity contribution is 8.15. The second-order valence-corrected chi connectivity index (χ2v) is 11.4. The summed E-state index contributed by atoms with van der Waals surface area (Å²) in [5.41, 5.74) is 1.98. The van der Waals surface area contributed by atoms with Crippen molar-refractivity contribution in [3.63, 3.8) is 0 Å². The molecule has 2 unspecified atom stereocenters. The molecule has 8 nitrogen and oxygen atoms in total. The van der Waals surface area contributed by atoms with E-state index in [1.54, 1.807) is 0 Å². The molecule has 1 aliphatic carbocycles. The van der Waals surface area contributed by atoms with Gasteiger partial charge in [-0.05, 0) is 73.9 Å². The highest BCUT2D eigenvalue weighted by Gasteiger charge is 2.32. The highest BCUT2D eigenvalue weighted by atomic mass is 32.2. The number of ether oxygens (including phenoxy) is 2. The molecule has 2 N–H and O–H groups in total. The van der Waals surface area contributed by atoms with Crippen molar-refractivity contribution >= 4 is 45.8 Å². The predicted molar refractivity (Wildman–Crippen MR) is 137 cm³/mol. The van der Waals surface area contributed by atoms with Gasteiger partial charge in [-0.3, -0.25) is 29.8 Å². The molecular weight excluding hydrogens is 500 g/mol. The van der Waals surface area contributed by atoms with Crippen LogP contribution < -0.4 is 20.1 Å². The third-order valence-corrected chi connectivity index (χ3v) is 8.41. The Balaban J connectivity index is 1.05. The summed E-state index contributed by atoms with van der Waals surface area (Å²) in [5.74, 6) is 1.15. The molecule has 2 aliphatic heterocycles. The van der Waals surface area contributed by atoms with Gasteiger partial charge >= 0.3 is 0 Å². The highest BCUT2D eigenvalue weighted by Crippen LogP contribution is 2.29. The number of imide groups is 2. The zero-order chi connectivity index (χ0) is 25.1. The molecule has 0 bridgehead atoms. The normalized spacial score (nSPS) is 26.0. The van der Waals surface area contributed by atoms with Crippen molar-refractivity contribution in [1.29, 1.82) is 0 Å². The Morgan fingerprint density at radius 2 is 0.972 bits per heavy atom. The molecule has 4 amide bonds. The van der Waals surface area contributed by atoms with Gasteiger partial charge in [0.15, 0.2) is 0 Å². The molecule has 2 heterocycles. The monoisotopic (exact) mass is 526 g/mol. The second kappa shape index (κ2) is 11.0. The molecule has 2 aromatic carbocycles. The lowest BCUT2D eigenvalue weighted by atomic mass is 9.94. The van der Waals surface area contributed by atoms with Gasteiger partial charge in [0.2, 0.25) is 11.8 Å². The molecule has 2 atom stereocenters. The lowest BCUT2D eigenvalue weighted by Gasteiger charge is -2.29. The lowest BCUT2D eigenvalue weighted by molar-refractivity contribution is -0.119. The van der Waals surface area contributed by atoms with Crippen molar-refractivity contribution in [2.24, 2.45) is 0 Å². The van der Waals surface area contributed by atoms with E-state index in [0.29, 0.717) is 12.8 Å². The quantitative estimate of drug-likeness (QED) is 0.526. The summed E-state index contributed by atoms with van der Waals surface area (Å²) in [5, 5.41) is 3.33. The molecular formula is C26H26N2O6S2. The van der Waals surface area contributed by atoms with Gasteiger partial charge < -0.3 is 9.47 Å². The van der Waals surface area contributed by atoms with Crippen LogP contribution in [0.3, 0.4) is 0 Å². The summed E-state index contributed by atoms with van der Waals surface area (Å²) in [6, 6.07) is 15.5. The van der Waals surface area contributed by atoms with Gasteiger partial charge in [-0.25, -0.2) is 0 Å². The van der Waals surface area contributed by atoms with Gasteiger partial charge in [-0.2, -0.15) is 0 Å². The van der Waals surface area contributed by atoms with Crippen molar-refractivity contribution in [2.75, 3.05) is 0 Å². The van der Waals surface area contributed by atoms with Crippen LogP contribution in [0.2, 0.25) is 0 Å². The molecule has 36 heavy (non-hydrogen) atoms. The minimum atomic E-state index is -0.366. The molecule has 2 saturated heterocycles. The Kier molecular flexibility index (Phi) is 7.52. The number of rotatable bonds is 8. The summed E-state index contributed by atoms with van der Waals surface area (Å²) in [4.78, 5) is 46.1. The van der Waals surface area contributed by atoms with Crippen LogP contribution in [0.5, 0.6) is 11.5 Å². The van der Waals surface area contributed by atoms with Crippen molar-refractivity contribution in [3.05, 3.63) is 59.7 Å². The topological polar surface area (TPSA) is 111 Å². The van der Waals surface area contributed by atoms with E-state index in [1.807, 2.05) is 48.5 Å². The fourth-order valence-corrected chi connectivity index (χ4v) is 6.26. The van der Waals surface area contributed by atoms with Crippen LogP contribution in [0.4, 0.5) is 9.59 Å². The predicted octanol–water partition coefficient (Wildman–Crippen LogP) is 4.24. The summed E-state index contributed by atoms with van der Waals surface area (Å²) in [6.07, 6.45) is 4.87. The maximum Gasteiger partial charge on any atom is 0.286 e. The Hall–Kier alpha value is -2.98. The molecule has 0 aromatic heterocycles.